The zero-order valence-corrected chi connectivity index (χ0v) is 10.9. The Hall–Kier alpha value is -1.26. The summed E-state index contributed by atoms with van der Waals surface area (Å²) in [5.41, 5.74) is 0.676. The number of carbonyl (C=O) groups is 1. The fraction of sp³-hybridized carbons (Fsp3) is 0.462. The van der Waals surface area contributed by atoms with Crippen LogP contribution >= 0.6 is 11.6 Å². The fourth-order valence-corrected chi connectivity index (χ4v) is 1.88. The van der Waals surface area contributed by atoms with Crippen molar-refractivity contribution in [3.8, 4) is 5.75 Å². The Bertz CT molecular complexity index is 388. The molecule has 0 aliphatic carbocycles. The van der Waals surface area contributed by atoms with Crippen molar-refractivity contribution < 1.29 is 14.3 Å². The highest BCUT2D eigenvalue weighted by molar-refractivity contribution is 6.18. The molecular weight excluding hydrogens is 254 g/mol. The van der Waals surface area contributed by atoms with E-state index in [0.29, 0.717) is 44.4 Å². The van der Waals surface area contributed by atoms with Crippen LogP contribution in [0.15, 0.2) is 24.3 Å². The molecule has 98 valence electrons. The average molecular weight is 270 g/mol. The summed E-state index contributed by atoms with van der Waals surface area (Å²) in [4.78, 5) is 13.9. The minimum Gasteiger partial charge on any atom is -0.492 e. The van der Waals surface area contributed by atoms with Crippen molar-refractivity contribution in [3.05, 3.63) is 29.8 Å². The summed E-state index contributed by atoms with van der Waals surface area (Å²) >= 11 is 5.54. The Morgan fingerprint density at radius 3 is 2.56 bits per heavy atom. The summed E-state index contributed by atoms with van der Waals surface area (Å²) < 4.78 is 10.6. The number of carbonyl (C=O) groups excluding carboxylic acids is 1. The molecule has 1 aromatic rings. The van der Waals surface area contributed by atoms with Crippen LogP contribution in [0.2, 0.25) is 0 Å². The Kier molecular flexibility index (Phi) is 4.84. The lowest BCUT2D eigenvalue weighted by atomic mass is 10.2. The highest BCUT2D eigenvalue weighted by Crippen LogP contribution is 2.14. The minimum absolute atomic E-state index is 0.0437. The zero-order chi connectivity index (χ0) is 12.8. The molecule has 18 heavy (non-hydrogen) atoms. The second-order valence-corrected chi connectivity index (χ2v) is 4.34. The first kappa shape index (κ1) is 13.2. The van der Waals surface area contributed by atoms with Gasteiger partial charge in [-0.3, -0.25) is 4.79 Å². The molecule has 0 N–H and O–H groups in total. The molecule has 0 unspecified atom stereocenters. The third-order valence-electron chi connectivity index (χ3n) is 2.75. The topological polar surface area (TPSA) is 38.8 Å². The van der Waals surface area contributed by atoms with Gasteiger partial charge in [0.15, 0.2) is 0 Å². The molecule has 2 rings (SSSR count). The number of ether oxygens (including phenoxy) is 2. The quantitative estimate of drug-likeness (QED) is 0.782. The molecule has 0 radical (unpaired) electrons. The van der Waals surface area contributed by atoms with Crippen molar-refractivity contribution in [1.29, 1.82) is 0 Å². The van der Waals surface area contributed by atoms with Crippen molar-refractivity contribution in [2.24, 2.45) is 0 Å². The van der Waals surface area contributed by atoms with Crippen molar-refractivity contribution in [3.63, 3.8) is 0 Å². The molecule has 1 fully saturated rings. The van der Waals surface area contributed by atoms with Gasteiger partial charge in [0.2, 0.25) is 0 Å². The molecular formula is C13H16ClNO3. The van der Waals surface area contributed by atoms with Gasteiger partial charge in [0.1, 0.15) is 12.4 Å². The number of hydrogen-bond donors (Lipinski definition) is 0. The van der Waals surface area contributed by atoms with Crippen LogP contribution in [0.5, 0.6) is 5.75 Å². The molecule has 1 aliphatic heterocycles. The molecule has 0 bridgehead atoms. The van der Waals surface area contributed by atoms with E-state index < -0.39 is 0 Å². The SMILES string of the molecule is O=C(c1ccc(OCCCl)cc1)N1CCOCC1. The van der Waals surface area contributed by atoms with E-state index in [2.05, 4.69) is 0 Å². The van der Waals surface area contributed by atoms with Gasteiger partial charge in [-0.2, -0.15) is 0 Å². The van der Waals surface area contributed by atoms with Gasteiger partial charge in [-0.05, 0) is 24.3 Å². The monoisotopic (exact) mass is 269 g/mol. The van der Waals surface area contributed by atoms with Gasteiger partial charge < -0.3 is 14.4 Å². The van der Waals surface area contributed by atoms with Crippen LogP contribution < -0.4 is 4.74 Å². The number of nitrogens with zero attached hydrogens (tertiary/aromatic N) is 1. The van der Waals surface area contributed by atoms with Crippen LogP contribution in [0.25, 0.3) is 0 Å². The second-order valence-electron chi connectivity index (χ2n) is 3.97. The molecule has 5 heteroatoms. The molecule has 1 saturated heterocycles. The van der Waals surface area contributed by atoms with E-state index in [1.165, 1.54) is 0 Å². The highest BCUT2D eigenvalue weighted by Gasteiger charge is 2.18. The Balaban J connectivity index is 1.97. The first-order chi connectivity index (χ1) is 8.81. The van der Waals surface area contributed by atoms with Crippen LogP contribution in [-0.2, 0) is 4.74 Å². The predicted molar refractivity (Wildman–Crippen MR) is 69.4 cm³/mol. The van der Waals surface area contributed by atoms with Crippen LogP contribution in [0.1, 0.15) is 10.4 Å². The van der Waals surface area contributed by atoms with Crippen LogP contribution in [0, 0.1) is 0 Å². The predicted octanol–water partition coefficient (Wildman–Crippen LogP) is 1.78. The molecule has 1 aliphatic rings. The molecule has 1 heterocycles. The molecule has 1 amide bonds. The van der Waals surface area contributed by atoms with E-state index in [9.17, 15) is 4.79 Å². The number of halogens is 1. The molecule has 0 aromatic heterocycles. The molecule has 0 atom stereocenters. The first-order valence-electron chi connectivity index (χ1n) is 5.97. The lowest BCUT2D eigenvalue weighted by Gasteiger charge is -2.26. The third-order valence-corrected chi connectivity index (χ3v) is 2.90. The number of morpholine rings is 1. The van der Waals surface area contributed by atoms with Gasteiger partial charge in [-0.15, -0.1) is 11.6 Å². The van der Waals surface area contributed by atoms with Crippen LogP contribution in [0.4, 0.5) is 0 Å². The summed E-state index contributed by atoms with van der Waals surface area (Å²) in [7, 11) is 0. The lowest BCUT2D eigenvalue weighted by molar-refractivity contribution is 0.0303. The lowest BCUT2D eigenvalue weighted by Crippen LogP contribution is -2.40. The van der Waals surface area contributed by atoms with Crippen molar-refractivity contribution in [2.45, 2.75) is 0 Å². The summed E-state index contributed by atoms with van der Waals surface area (Å²) in [6, 6.07) is 7.14. The largest absolute Gasteiger partial charge is 0.492 e. The standard InChI is InChI=1S/C13H16ClNO3/c14-5-8-18-12-3-1-11(2-4-12)13(16)15-6-9-17-10-7-15/h1-4H,5-10H2. The Morgan fingerprint density at radius 1 is 1.28 bits per heavy atom. The maximum atomic E-state index is 12.1. The fourth-order valence-electron chi connectivity index (χ4n) is 1.80. The van der Waals surface area contributed by atoms with E-state index in [4.69, 9.17) is 21.1 Å². The van der Waals surface area contributed by atoms with Gasteiger partial charge in [-0.25, -0.2) is 0 Å². The first-order valence-corrected chi connectivity index (χ1v) is 6.50. The summed E-state index contributed by atoms with van der Waals surface area (Å²) in [6.45, 7) is 3.01. The number of alkyl halides is 1. The van der Waals surface area contributed by atoms with Crippen molar-refractivity contribution in [1.82, 2.24) is 4.90 Å². The van der Waals surface area contributed by atoms with E-state index in [1.807, 2.05) is 0 Å². The maximum absolute atomic E-state index is 12.1. The number of hydrogen-bond acceptors (Lipinski definition) is 3. The minimum atomic E-state index is 0.0437. The average Bonchev–Trinajstić information content (AvgIpc) is 2.46. The van der Waals surface area contributed by atoms with E-state index in [0.717, 1.165) is 5.75 Å². The van der Waals surface area contributed by atoms with E-state index >= 15 is 0 Å². The summed E-state index contributed by atoms with van der Waals surface area (Å²) in [5.74, 6) is 1.23. The van der Waals surface area contributed by atoms with Crippen LogP contribution in [-0.4, -0.2) is 49.6 Å². The molecule has 1 aromatic carbocycles. The normalized spacial score (nSPS) is 15.5. The van der Waals surface area contributed by atoms with Gasteiger partial charge in [0.25, 0.3) is 5.91 Å². The number of benzene rings is 1. The third kappa shape index (κ3) is 3.37. The smallest absolute Gasteiger partial charge is 0.254 e. The van der Waals surface area contributed by atoms with Gasteiger partial charge in [0, 0.05) is 18.7 Å². The molecule has 0 spiro atoms. The maximum Gasteiger partial charge on any atom is 0.254 e. The van der Waals surface area contributed by atoms with Crippen molar-refractivity contribution >= 4 is 17.5 Å². The van der Waals surface area contributed by atoms with Gasteiger partial charge >= 0.3 is 0 Å². The zero-order valence-electron chi connectivity index (χ0n) is 10.1. The Labute approximate surface area is 111 Å². The number of rotatable bonds is 4. The highest BCUT2D eigenvalue weighted by atomic mass is 35.5. The summed E-state index contributed by atoms with van der Waals surface area (Å²) in [6.07, 6.45) is 0. The van der Waals surface area contributed by atoms with Crippen molar-refractivity contribution in [2.75, 3.05) is 38.8 Å². The van der Waals surface area contributed by atoms with Crippen LogP contribution in [0.3, 0.4) is 0 Å². The second kappa shape index (κ2) is 6.61. The van der Waals surface area contributed by atoms with E-state index in [-0.39, 0.29) is 5.91 Å². The van der Waals surface area contributed by atoms with Gasteiger partial charge in [0.05, 0.1) is 19.1 Å². The van der Waals surface area contributed by atoms with E-state index in [1.54, 1.807) is 29.2 Å². The summed E-state index contributed by atoms with van der Waals surface area (Å²) in [5, 5.41) is 0. The molecule has 4 nitrogen and oxygen atoms in total. The molecule has 0 saturated carbocycles. The Morgan fingerprint density at radius 2 is 1.94 bits per heavy atom. The number of amides is 1. The van der Waals surface area contributed by atoms with Gasteiger partial charge in [-0.1, -0.05) is 0 Å².